The molecule has 0 aliphatic carbocycles. The van der Waals surface area contributed by atoms with Crippen LogP contribution >= 0.6 is 0 Å². The third-order valence-corrected chi connectivity index (χ3v) is 7.76. The highest BCUT2D eigenvalue weighted by molar-refractivity contribution is 5.70. The van der Waals surface area contributed by atoms with Crippen molar-refractivity contribution >= 4 is 11.9 Å². The van der Waals surface area contributed by atoms with E-state index in [1.54, 1.807) is 0 Å². The van der Waals surface area contributed by atoms with Gasteiger partial charge in [0.15, 0.2) is 6.10 Å². The van der Waals surface area contributed by atoms with Crippen LogP contribution in [0.4, 0.5) is 0 Å². The van der Waals surface area contributed by atoms with E-state index in [0.717, 1.165) is 50.4 Å². The van der Waals surface area contributed by atoms with Crippen LogP contribution in [0.25, 0.3) is 0 Å². The van der Waals surface area contributed by atoms with Crippen molar-refractivity contribution in [1.82, 2.24) is 0 Å². The number of ether oxygens (including phenoxy) is 2. The molecular formula is C35H68O5. The predicted molar refractivity (Wildman–Crippen MR) is 168 cm³/mol. The Labute approximate surface area is 248 Å². The number of carbonyl (C=O) groups is 2. The summed E-state index contributed by atoms with van der Waals surface area (Å²) in [6.45, 7) is 8.79. The van der Waals surface area contributed by atoms with Crippen LogP contribution in [0.3, 0.4) is 0 Å². The summed E-state index contributed by atoms with van der Waals surface area (Å²) in [5, 5.41) is 9.50. The van der Waals surface area contributed by atoms with Gasteiger partial charge in [-0.3, -0.25) is 9.59 Å². The summed E-state index contributed by atoms with van der Waals surface area (Å²) in [6.07, 6.45) is 27.3. The lowest BCUT2D eigenvalue weighted by molar-refractivity contribution is -0.161. The standard InChI is InChI=1S/C35H68O5/c1-31(2)25-21-17-13-9-6-5-7-11-16-20-24-28-35(38)40-33(29-36)30-39-34(37)27-23-19-15-12-8-10-14-18-22-26-32(3)4/h31-33,36H,5-30H2,1-4H3/t33-/m0/s1. The lowest BCUT2D eigenvalue weighted by atomic mass is 10.0. The van der Waals surface area contributed by atoms with E-state index in [0.29, 0.717) is 12.8 Å². The van der Waals surface area contributed by atoms with Crippen LogP contribution in [0, 0.1) is 11.8 Å². The predicted octanol–water partition coefficient (Wildman–Crippen LogP) is 10.1. The van der Waals surface area contributed by atoms with Gasteiger partial charge < -0.3 is 14.6 Å². The van der Waals surface area contributed by atoms with Crippen LogP contribution in [-0.2, 0) is 19.1 Å². The highest BCUT2D eigenvalue weighted by Crippen LogP contribution is 2.15. The SMILES string of the molecule is CC(C)CCCCCCCCCCCCCC(=O)O[C@@H](CO)COC(=O)CCCCCCCCCCCC(C)C. The summed E-state index contributed by atoms with van der Waals surface area (Å²) in [5.74, 6) is 1.07. The zero-order valence-electron chi connectivity index (χ0n) is 27.2. The molecule has 1 atom stereocenters. The molecule has 0 heterocycles. The van der Waals surface area contributed by atoms with Gasteiger partial charge >= 0.3 is 11.9 Å². The molecule has 0 amide bonds. The van der Waals surface area contributed by atoms with Crippen LogP contribution in [-0.4, -0.2) is 36.4 Å². The Hall–Kier alpha value is -1.10. The molecule has 0 radical (unpaired) electrons. The van der Waals surface area contributed by atoms with E-state index in [2.05, 4.69) is 27.7 Å². The molecule has 5 heteroatoms. The fourth-order valence-electron chi connectivity index (χ4n) is 5.10. The Bertz CT molecular complexity index is 560. The molecule has 0 saturated carbocycles. The van der Waals surface area contributed by atoms with Crippen LogP contribution in [0.1, 0.15) is 182 Å². The smallest absolute Gasteiger partial charge is 0.306 e. The van der Waals surface area contributed by atoms with E-state index >= 15 is 0 Å². The fourth-order valence-corrected chi connectivity index (χ4v) is 5.10. The van der Waals surface area contributed by atoms with E-state index < -0.39 is 6.10 Å². The quantitative estimate of drug-likeness (QED) is 0.0689. The first kappa shape index (κ1) is 38.9. The molecule has 0 aliphatic heterocycles. The normalized spacial score (nSPS) is 12.3. The molecule has 0 aromatic carbocycles. The molecule has 0 unspecified atom stereocenters. The van der Waals surface area contributed by atoms with Crippen molar-refractivity contribution in [2.75, 3.05) is 13.2 Å². The monoisotopic (exact) mass is 569 g/mol. The number of aliphatic hydroxyl groups is 1. The first-order chi connectivity index (χ1) is 19.3. The van der Waals surface area contributed by atoms with Crippen molar-refractivity contribution in [1.29, 1.82) is 0 Å². The topological polar surface area (TPSA) is 72.8 Å². The molecule has 1 N–H and O–H groups in total. The van der Waals surface area contributed by atoms with Gasteiger partial charge in [0.1, 0.15) is 6.61 Å². The second-order valence-corrected chi connectivity index (χ2v) is 12.9. The van der Waals surface area contributed by atoms with E-state index in [-0.39, 0.29) is 25.2 Å². The van der Waals surface area contributed by atoms with Crippen LogP contribution in [0.15, 0.2) is 0 Å². The Balaban J connectivity index is 3.55. The molecule has 0 bridgehead atoms. The van der Waals surface area contributed by atoms with Gasteiger partial charge in [-0.15, -0.1) is 0 Å². The molecule has 0 rings (SSSR count). The average molecular weight is 569 g/mol. The molecule has 0 fully saturated rings. The van der Waals surface area contributed by atoms with Crippen molar-refractivity contribution in [3.05, 3.63) is 0 Å². The lowest BCUT2D eigenvalue weighted by Crippen LogP contribution is -2.28. The second kappa shape index (κ2) is 29.4. The Morgan fingerprint density at radius 1 is 0.500 bits per heavy atom. The van der Waals surface area contributed by atoms with E-state index in [1.807, 2.05) is 0 Å². The molecule has 0 saturated heterocycles. The maximum atomic E-state index is 12.1. The van der Waals surface area contributed by atoms with E-state index in [9.17, 15) is 14.7 Å². The first-order valence-corrected chi connectivity index (χ1v) is 17.3. The molecule has 0 aliphatic rings. The third-order valence-electron chi connectivity index (χ3n) is 7.76. The number of unbranched alkanes of at least 4 members (excludes halogenated alkanes) is 18. The number of hydrogen-bond donors (Lipinski definition) is 1. The minimum Gasteiger partial charge on any atom is -0.462 e. The van der Waals surface area contributed by atoms with Gasteiger partial charge in [-0.05, 0) is 24.7 Å². The molecule has 238 valence electrons. The van der Waals surface area contributed by atoms with Crippen LogP contribution < -0.4 is 0 Å². The third kappa shape index (κ3) is 29.9. The Morgan fingerprint density at radius 2 is 0.825 bits per heavy atom. The van der Waals surface area contributed by atoms with Gasteiger partial charge in [0.2, 0.25) is 0 Å². The molecule has 40 heavy (non-hydrogen) atoms. The Kier molecular flexibility index (Phi) is 28.6. The second-order valence-electron chi connectivity index (χ2n) is 12.9. The van der Waals surface area contributed by atoms with E-state index in [1.165, 1.54) is 103 Å². The van der Waals surface area contributed by atoms with Crippen molar-refractivity contribution < 1.29 is 24.2 Å². The van der Waals surface area contributed by atoms with Gasteiger partial charge in [-0.25, -0.2) is 0 Å². The highest BCUT2D eigenvalue weighted by atomic mass is 16.6. The fraction of sp³-hybridized carbons (Fsp3) is 0.943. The lowest BCUT2D eigenvalue weighted by Gasteiger charge is -2.15. The van der Waals surface area contributed by atoms with Crippen LogP contribution in [0.5, 0.6) is 0 Å². The van der Waals surface area contributed by atoms with Crippen molar-refractivity contribution in [2.45, 2.75) is 188 Å². The minimum absolute atomic E-state index is 0.0599. The maximum Gasteiger partial charge on any atom is 0.306 e. The summed E-state index contributed by atoms with van der Waals surface area (Å²) in [7, 11) is 0. The highest BCUT2D eigenvalue weighted by Gasteiger charge is 2.16. The average Bonchev–Trinajstić information content (AvgIpc) is 2.91. The number of hydrogen-bond acceptors (Lipinski definition) is 5. The summed E-state index contributed by atoms with van der Waals surface area (Å²) in [4.78, 5) is 24.1. The summed E-state index contributed by atoms with van der Waals surface area (Å²) >= 11 is 0. The van der Waals surface area contributed by atoms with Crippen molar-refractivity contribution in [3.8, 4) is 0 Å². The molecular weight excluding hydrogens is 500 g/mol. The first-order valence-electron chi connectivity index (χ1n) is 17.3. The molecule has 0 aromatic heterocycles. The molecule has 0 spiro atoms. The van der Waals surface area contributed by atoms with Gasteiger partial charge in [0.05, 0.1) is 6.61 Å². The van der Waals surface area contributed by atoms with Gasteiger partial charge in [0.25, 0.3) is 0 Å². The van der Waals surface area contributed by atoms with Gasteiger partial charge in [-0.2, -0.15) is 0 Å². The number of esters is 2. The number of aliphatic hydroxyl groups excluding tert-OH is 1. The molecule has 5 nitrogen and oxygen atoms in total. The zero-order valence-corrected chi connectivity index (χ0v) is 27.2. The number of rotatable bonds is 30. The van der Waals surface area contributed by atoms with Crippen LogP contribution in [0.2, 0.25) is 0 Å². The summed E-state index contributed by atoms with van der Waals surface area (Å²) < 4.78 is 10.6. The minimum atomic E-state index is -0.762. The van der Waals surface area contributed by atoms with E-state index in [4.69, 9.17) is 9.47 Å². The van der Waals surface area contributed by atoms with Crippen molar-refractivity contribution in [2.24, 2.45) is 11.8 Å². The summed E-state index contributed by atoms with van der Waals surface area (Å²) in [6, 6.07) is 0. The maximum absolute atomic E-state index is 12.1. The summed E-state index contributed by atoms with van der Waals surface area (Å²) in [5.41, 5.74) is 0. The number of carbonyl (C=O) groups excluding carboxylic acids is 2. The largest absolute Gasteiger partial charge is 0.462 e. The van der Waals surface area contributed by atoms with Crippen molar-refractivity contribution in [3.63, 3.8) is 0 Å². The Morgan fingerprint density at radius 3 is 1.18 bits per heavy atom. The van der Waals surface area contributed by atoms with Gasteiger partial charge in [0, 0.05) is 12.8 Å². The zero-order chi connectivity index (χ0) is 29.7. The molecule has 0 aromatic rings. The van der Waals surface area contributed by atoms with Gasteiger partial charge in [-0.1, -0.05) is 156 Å².